The van der Waals surface area contributed by atoms with E-state index in [0.29, 0.717) is 10.8 Å². The molecule has 0 unspecified atom stereocenters. The van der Waals surface area contributed by atoms with E-state index in [9.17, 15) is 4.79 Å². The maximum atomic E-state index is 11.7. The van der Waals surface area contributed by atoms with E-state index in [2.05, 4.69) is 15.0 Å². The van der Waals surface area contributed by atoms with Gasteiger partial charge in [0.05, 0.1) is 5.56 Å². The number of amidine groups is 1. The summed E-state index contributed by atoms with van der Waals surface area (Å²) in [7, 11) is 0. The summed E-state index contributed by atoms with van der Waals surface area (Å²) in [5, 5.41) is 4.27. The number of nitrogens with zero attached hydrogens (tertiary/aromatic N) is 2. The zero-order valence-electron chi connectivity index (χ0n) is 11.2. The first-order valence-electron chi connectivity index (χ1n) is 6.08. The van der Waals surface area contributed by atoms with Gasteiger partial charge in [0.2, 0.25) is 0 Å². The number of ether oxygens (including phenoxy) is 1. The lowest BCUT2D eigenvalue weighted by Gasteiger charge is -2.05. The fourth-order valence-corrected chi connectivity index (χ4v) is 1.70. The van der Waals surface area contributed by atoms with E-state index in [1.807, 2.05) is 0 Å². The molecule has 2 rings (SSSR count). The van der Waals surface area contributed by atoms with Crippen LogP contribution in [0.25, 0.3) is 0 Å². The maximum Gasteiger partial charge on any atom is 0.365 e. The first kappa shape index (κ1) is 16.1. The fourth-order valence-electron chi connectivity index (χ4n) is 1.40. The van der Waals surface area contributed by atoms with E-state index in [1.165, 1.54) is 18.3 Å². The molecule has 8 heteroatoms. The molecule has 2 aromatic rings. The van der Waals surface area contributed by atoms with E-state index in [-0.39, 0.29) is 23.2 Å². The lowest BCUT2D eigenvalue weighted by molar-refractivity contribution is 0.0513. The maximum absolute atomic E-state index is 11.7. The van der Waals surface area contributed by atoms with Crippen LogP contribution < -0.4 is 10.5 Å². The molecule has 0 atom stereocenters. The highest BCUT2D eigenvalue weighted by Gasteiger charge is 2.08. The van der Waals surface area contributed by atoms with Crippen molar-refractivity contribution in [3.8, 4) is 5.75 Å². The van der Waals surface area contributed by atoms with Gasteiger partial charge < -0.3 is 15.3 Å². The van der Waals surface area contributed by atoms with Crippen molar-refractivity contribution in [2.24, 2.45) is 10.9 Å². The number of carbonyl (C=O) groups excluding carboxylic acids is 1. The molecule has 0 fully saturated rings. The molecule has 0 radical (unpaired) electrons. The lowest BCUT2D eigenvalue weighted by atomic mass is 10.3. The second-order valence-electron chi connectivity index (χ2n) is 4.07. The fraction of sp³-hybridized carbons (Fsp3) is 0.0714. The van der Waals surface area contributed by atoms with Crippen molar-refractivity contribution in [1.29, 1.82) is 0 Å². The van der Waals surface area contributed by atoms with Gasteiger partial charge in [0.25, 0.3) is 0 Å². The van der Waals surface area contributed by atoms with Crippen LogP contribution in [0.5, 0.6) is 5.75 Å². The second kappa shape index (κ2) is 7.63. The molecule has 0 aliphatic rings. The molecule has 2 N–H and O–H groups in total. The summed E-state index contributed by atoms with van der Waals surface area (Å²) in [6.45, 7) is -0.0357. The highest BCUT2D eigenvalue weighted by Crippen LogP contribution is 2.15. The third-order valence-corrected chi connectivity index (χ3v) is 2.87. The Morgan fingerprint density at radius 3 is 2.64 bits per heavy atom. The third kappa shape index (κ3) is 4.91. The first-order chi connectivity index (χ1) is 10.5. The van der Waals surface area contributed by atoms with Crippen LogP contribution in [0.15, 0.2) is 47.8 Å². The Morgan fingerprint density at radius 1 is 1.23 bits per heavy atom. The number of oxime groups is 1. The zero-order valence-corrected chi connectivity index (χ0v) is 12.7. The minimum Gasteiger partial charge on any atom is -0.486 e. The average molecular weight is 340 g/mol. The van der Waals surface area contributed by atoms with E-state index in [0.717, 1.165) is 0 Å². The Balaban J connectivity index is 1.87. The van der Waals surface area contributed by atoms with Gasteiger partial charge in [0.1, 0.15) is 17.5 Å². The van der Waals surface area contributed by atoms with E-state index in [4.69, 9.17) is 33.7 Å². The third-order valence-electron chi connectivity index (χ3n) is 2.41. The molecule has 1 aromatic carbocycles. The van der Waals surface area contributed by atoms with Crippen molar-refractivity contribution >= 4 is 35.0 Å². The highest BCUT2D eigenvalue weighted by molar-refractivity contribution is 6.30. The zero-order chi connectivity index (χ0) is 15.9. The molecule has 1 heterocycles. The SMILES string of the molecule is N/C(COc1ccc(Cl)cc1)=N/OC(=O)c1ccnc(Cl)c1. The van der Waals surface area contributed by atoms with Crippen molar-refractivity contribution in [2.75, 3.05) is 6.61 Å². The number of carbonyl (C=O) groups is 1. The predicted molar refractivity (Wildman–Crippen MR) is 83.2 cm³/mol. The molecule has 0 saturated carbocycles. The van der Waals surface area contributed by atoms with Crippen molar-refractivity contribution in [2.45, 2.75) is 0 Å². The second-order valence-corrected chi connectivity index (χ2v) is 4.89. The summed E-state index contributed by atoms with van der Waals surface area (Å²) >= 11 is 11.4. The molecule has 114 valence electrons. The number of pyridine rings is 1. The van der Waals surface area contributed by atoms with Crippen molar-refractivity contribution in [3.63, 3.8) is 0 Å². The molecular weight excluding hydrogens is 329 g/mol. The van der Waals surface area contributed by atoms with Crippen LogP contribution in [0, 0.1) is 0 Å². The van der Waals surface area contributed by atoms with Crippen molar-refractivity contribution in [3.05, 3.63) is 58.3 Å². The quantitative estimate of drug-likeness (QED) is 0.297. The molecule has 22 heavy (non-hydrogen) atoms. The predicted octanol–water partition coefficient (Wildman–Crippen LogP) is 2.90. The number of hydrogen-bond donors (Lipinski definition) is 1. The van der Waals surface area contributed by atoms with Gasteiger partial charge in [-0.1, -0.05) is 28.4 Å². The number of rotatable bonds is 5. The van der Waals surface area contributed by atoms with Crippen LogP contribution in [0.3, 0.4) is 0 Å². The van der Waals surface area contributed by atoms with Crippen LogP contribution in [-0.4, -0.2) is 23.4 Å². The Hall–Kier alpha value is -2.31. The van der Waals surface area contributed by atoms with Gasteiger partial charge in [-0.15, -0.1) is 0 Å². The van der Waals surface area contributed by atoms with Crippen LogP contribution >= 0.6 is 23.2 Å². The van der Waals surface area contributed by atoms with Gasteiger partial charge in [-0.25, -0.2) is 9.78 Å². The van der Waals surface area contributed by atoms with Crippen molar-refractivity contribution < 1.29 is 14.4 Å². The minimum atomic E-state index is -0.696. The number of aromatic nitrogens is 1. The highest BCUT2D eigenvalue weighted by atomic mass is 35.5. The number of nitrogens with two attached hydrogens (primary N) is 1. The topological polar surface area (TPSA) is 86.8 Å². The molecule has 0 aliphatic heterocycles. The van der Waals surface area contributed by atoms with Crippen LogP contribution in [0.4, 0.5) is 0 Å². The van der Waals surface area contributed by atoms with Crippen LogP contribution in [-0.2, 0) is 4.84 Å². The van der Waals surface area contributed by atoms with Gasteiger partial charge in [0.15, 0.2) is 5.84 Å². The Kier molecular flexibility index (Phi) is 5.57. The Bertz CT molecular complexity index is 690. The average Bonchev–Trinajstić information content (AvgIpc) is 2.52. The van der Waals surface area contributed by atoms with Gasteiger partial charge >= 0.3 is 5.97 Å². The smallest absolute Gasteiger partial charge is 0.365 e. The monoisotopic (exact) mass is 339 g/mol. The summed E-state index contributed by atoms with van der Waals surface area (Å²) in [5.41, 5.74) is 5.81. The standard InChI is InChI=1S/C14H11Cl2N3O3/c15-10-1-3-11(4-2-10)21-8-13(17)19-22-14(20)9-5-6-18-12(16)7-9/h1-7H,8H2,(H2,17,19). The summed E-state index contributed by atoms with van der Waals surface area (Å²) < 4.78 is 5.34. The Labute approximate surface area is 136 Å². The summed E-state index contributed by atoms with van der Waals surface area (Å²) in [5.74, 6) is -0.128. The van der Waals surface area contributed by atoms with E-state index >= 15 is 0 Å². The number of benzene rings is 1. The molecular formula is C14H11Cl2N3O3. The molecule has 0 amide bonds. The van der Waals surface area contributed by atoms with Gasteiger partial charge in [-0.2, -0.15) is 0 Å². The van der Waals surface area contributed by atoms with Gasteiger partial charge in [-0.3, -0.25) is 0 Å². The van der Waals surface area contributed by atoms with E-state index < -0.39 is 5.97 Å². The first-order valence-corrected chi connectivity index (χ1v) is 6.84. The number of halogens is 2. The summed E-state index contributed by atoms with van der Waals surface area (Å²) in [6.07, 6.45) is 1.38. The largest absolute Gasteiger partial charge is 0.486 e. The molecule has 0 spiro atoms. The van der Waals surface area contributed by atoms with E-state index in [1.54, 1.807) is 24.3 Å². The molecule has 0 bridgehead atoms. The molecule has 0 aliphatic carbocycles. The minimum absolute atomic E-state index is 0.00320. The Morgan fingerprint density at radius 2 is 1.95 bits per heavy atom. The van der Waals surface area contributed by atoms with Gasteiger partial charge in [-0.05, 0) is 36.4 Å². The van der Waals surface area contributed by atoms with Crippen molar-refractivity contribution in [1.82, 2.24) is 4.98 Å². The number of hydrogen-bond acceptors (Lipinski definition) is 5. The van der Waals surface area contributed by atoms with Crippen LogP contribution in [0.2, 0.25) is 10.2 Å². The molecule has 1 aromatic heterocycles. The van der Waals surface area contributed by atoms with Crippen LogP contribution in [0.1, 0.15) is 10.4 Å². The lowest BCUT2D eigenvalue weighted by Crippen LogP contribution is -2.22. The summed E-state index contributed by atoms with van der Waals surface area (Å²) in [6, 6.07) is 9.53. The normalized spacial score (nSPS) is 11.1. The molecule has 6 nitrogen and oxygen atoms in total. The van der Waals surface area contributed by atoms with Gasteiger partial charge in [0, 0.05) is 11.2 Å². The molecule has 0 saturated heterocycles. The summed E-state index contributed by atoms with van der Waals surface area (Å²) in [4.78, 5) is 20.1.